The molecule has 0 radical (unpaired) electrons. The summed E-state index contributed by atoms with van der Waals surface area (Å²) in [6.07, 6.45) is 0. The molecule has 26 heavy (non-hydrogen) atoms. The monoisotopic (exact) mass is 367 g/mol. The van der Waals surface area contributed by atoms with Gasteiger partial charge in [-0.15, -0.1) is 11.3 Å². The number of aromatic nitrogens is 1. The summed E-state index contributed by atoms with van der Waals surface area (Å²) in [5.41, 5.74) is 3.87. The predicted molar refractivity (Wildman–Crippen MR) is 101 cm³/mol. The van der Waals surface area contributed by atoms with Crippen LogP contribution in [0.5, 0.6) is 0 Å². The second kappa shape index (κ2) is 7.45. The van der Waals surface area contributed by atoms with Gasteiger partial charge in [0, 0.05) is 28.1 Å². The Balaban J connectivity index is 1.68. The first-order chi connectivity index (χ1) is 12.5. The van der Waals surface area contributed by atoms with Crippen molar-refractivity contribution >= 4 is 22.9 Å². The Bertz CT molecular complexity index is 982. The molecule has 0 saturated carbocycles. The van der Waals surface area contributed by atoms with Crippen LogP contribution >= 0.6 is 11.3 Å². The Morgan fingerprint density at radius 1 is 1.19 bits per heavy atom. The average Bonchev–Trinajstić information content (AvgIpc) is 3.08. The van der Waals surface area contributed by atoms with Gasteiger partial charge in [-0.25, -0.2) is 4.98 Å². The third-order valence-electron chi connectivity index (χ3n) is 4.01. The van der Waals surface area contributed by atoms with E-state index >= 15 is 0 Å². The molecule has 7 heteroatoms. The van der Waals surface area contributed by atoms with E-state index in [9.17, 15) is 14.9 Å². The van der Waals surface area contributed by atoms with Crippen LogP contribution in [0.3, 0.4) is 0 Å². The highest BCUT2D eigenvalue weighted by atomic mass is 32.1. The number of aryl methyl sites for hydroxylation is 2. The average molecular weight is 367 g/mol. The third kappa shape index (κ3) is 3.78. The van der Waals surface area contributed by atoms with Crippen molar-refractivity contribution in [2.75, 3.05) is 0 Å². The molecule has 132 valence electrons. The van der Waals surface area contributed by atoms with E-state index in [4.69, 9.17) is 0 Å². The fourth-order valence-corrected chi connectivity index (χ4v) is 3.51. The molecule has 1 N–H and O–H groups in total. The number of thiazole rings is 1. The van der Waals surface area contributed by atoms with E-state index in [1.165, 1.54) is 29.5 Å². The number of rotatable bonds is 5. The molecule has 0 fully saturated rings. The molecule has 2 aromatic carbocycles. The number of carbonyl (C=O) groups excluding carboxylic acids is 1. The number of nitro groups is 1. The zero-order chi connectivity index (χ0) is 18.7. The highest BCUT2D eigenvalue weighted by molar-refractivity contribution is 7.13. The first-order valence-electron chi connectivity index (χ1n) is 7.99. The minimum absolute atomic E-state index is 0.00363. The van der Waals surface area contributed by atoms with Gasteiger partial charge in [-0.2, -0.15) is 0 Å². The fraction of sp³-hybridized carbons (Fsp3) is 0.158. The van der Waals surface area contributed by atoms with Crippen molar-refractivity contribution in [1.29, 1.82) is 0 Å². The molecule has 0 bridgehead atoms. The molecule has 6 nitrogen and oxygen atoms in total. The number of hydrogen-bond donors (Lipinski definition) is 1. The topological polar surface area (TPSA) is 85.1 Å². The van der Waals surface area contributed by atoms with Crippen LogP contribution in [0.25, 0.3) is 10.6 Å². The first kappa shape index (κ1) is 17.8. The lowest BCUT2D eigenvalue weighted by Gasteiger charge is -2.05. The first-order valence-corrected chi connectivity index (χ1v) is 8.87. The number of carbonyl (C=O) groups is 1. The lowest BCUT2D eigenvalue weighted by molar-refractivity contribution is -0.385. The van der Waals surface area contributed by atoms with Crippen LogP contribution in [0.1, 0.15) is 27.2 Å². The number of amides is 1. The molecular weight excluding hydrogens is 350 g/mol. The molecule has 0 spiro atoms. The van der Waals surface area contributed by atoms with Crippen LogP contribution in [0.4, 0.5) is 5.69 Å². The molecule has 1 amide bonds. The van der Waals surface area contributed by atoms with Gasteiger partial charge >= 0.3 is 0 Å². The second-order valence-corrected chi connectivity index (χ2v) is 6.76. The number of hydrogen-bond acceptors (Lipinski definition) is 5. The molecule has 0 aliphatic heterocycles. The van der Waals surface area contributed by atoms with Crippen LogP contribution in [-0.4, -0.2) is 15.8 Å². The summed E-state index contributed by atoms with van der Waals surface area (Å²) in [6, 6.07) is 12.4. The summed E-state index contributed by atoms with van der Waals surface area (Å²) >= 11 is 1.53. The maximum Gasteiger partial charge on any atom is 0.272 e. The minimum Gasteiger partial charge on any atom is -0.346 e. The van der Waals surface area contributed by atoms with E-state index in [1.807, 2.05) is 36.6 Å². The standard InChI is InChI=1S/C19H17N3O3S/c1-12-5-3-4-6-16(12)19-21-15(11-26-19)10-20-18(23)14-7-8-17(22(24)25)13(2)9-14/h3-9,11H,10H2,1-2H3,(H,20,23). The van der Waals surface area contributed by atoms with E-state index < -0.39 is 4.92 Å². The Kier molecular flexibility index (Phi) is 5.09. The van der Waals surface area contributed by atoms with Gasteiger partial charge in [0.1, 0.15) is 5.01 Å². The lowest BCUT2D eigenvalue weighted by atomic mass is 10.1. The second-order valence-electron chi connectivity index (χ2n) is 5.90. The fourth-order valence-electron chi connectivity index (χ4n) is 2.60. The van der Waals surface area contributed by atoms with Crippen LogP contribution in [0.15, 0.2) is 47.8 Å². The van der Waals surface area contributed by atoms with Gasteiger partial charge < -0.3 is 5.32 Å². The maximum absolute atomic E-state index is 12.3. The molecule has 0 aliphatic carbocycles. The third-order valence-corrected chi connectivity index (χ3v) is 4.94. The van der Waals surface area contributed by atoms with Crippen molar-refractivity contribution in [1.82, 2.24) is 10.3 Å². The molecule has 0 unspecified atom stereocenters. The van der Waals surface area contributed by atoms with E-state index in [0.717, 1.165) is 21.8 Å². The Hall–Kier alpha value is -3.06. The predicted octanol–water partition coefficient (Wildman–Crippen LogP) is 4.27. The molecule has 1 aromatic heterocycles. The van der Waals surface area contributed by atoms with Crippen molar-refractivity contribution in [2.45, 2.75) is 20.4 Å². The molecule has 0 aliphatic rings. The van der Waals surface area contributed by atoms with Gasteiger partial charge in [0.2, 0.25) is 0 Å². The highest BCUT2D eigenvalue weighted by Gasteiger charge is 2.14. The lowest BCUT2D eigenvalue weighted by Crippen LogP contribution is -2.23. The van der Waals surface area contributed by atoms with Crippen molar-refractivity contribution in [3.8, 4) is 10.6 Å². The van der Waals surface area contributed by atoms with E-state index in [2.05, 4.69) is 10.3 Å². The van der Waals surface area contributed by atoms with E-state index in [0.29, 0.717) is 17.7 Å². The number of nitrogens with one attached hydrogen (secondary N) is 1. The zero-order valence-corrected chi connectivity index (χ0v) is 15.2. The Morgan fingerprint density at radius 2 is 1.96 bits per heavy atom. The molecular formula is C19H17N3O3S. The van der Waals surface area contributed by atoms with Crippen molar-refractivity contribution in [3.63, 3.8) is 0 Å². The summed E-state index contributed by atoms with van der Waals surface area (Å²) in [5.74, 6) is -0.284. The number of benzene rings is 2. The summed E-state index contributed by atoms with van der Waals surface area (Å²) < 4.78 is 0. The van der Waals surface area contributed by atoms with E-state index in [-0.39, 0.29) is 11.6 Å². The van der Waals surface area contributed by atoms with Gasteiger partial charge in [0.25, 0.3) is 11.6 Å². The maximum atomic E-state index is 12.3. The Labute approximate surface area is 154 Å². The largest absolute Gasteiger partial charge is 0.346 e. The van der Waals surface area contributed by atoms with Crippen molar-refractivity contribution in [2.24, 2.45) is 0 Å². The molecule has 0 atom stereocenters. The van der Waals surface area contributed by atoms with Gasteiger partial charge in [-0.05, 0) is 31.5 Å². The van der Waals surface area contributed by atoms with Crippen LogP contribution in [0, 0.1) is 24.0 Å². The normalized spacial score (nSPS) is 10.5. The summed E-state index contributed by atoms with van der Waals surface area (Å²) in [6.45, 7) is 3.95. The van der Waals surface area contributed by atoms with Gasteiger partial charge in [0.05, 0.1) is 17.2 Å². The van der Waals surface area contributed by atoms with Crippen LogP contribution < -0.4 is 5.32 Å². The quantitative estimate of drug-likeness (QED) is 0.539. The number of nitro benzene ring substituents is 1. The molecule has 1 heterocycles. The van der Waals surface area contributed by atoms with Crippen molar-refractivity contribution < 1.29 is 9.72 Å². The van der Waals surface area contributed by atoms with Crippen LogP contribution in [0.2, 0.25) is 0 Å². The van der Waals surface area contributed by atoms with Crippen LogP contribution in [-0.2, 0) is 6.54 Å². The molecule has 3 rings (SSSR count). The van der Waals surface area contributed by atoms with Gasteiger partial charge in [-0.3, -0.25) is 14.9 Å². The minimum atomic E-state index is -0.459. The molecule has 3 aromatic rings. The molecule has 0 saturated heterocycles. The van der Waals surface area contributed by atoms with E-state index in [1.54, 1.807) is 6.92 Å². The summed E-state index contributed by atoms with van der Waals surface area (Å²) in [5, 5.41) is 16.5. The highest BCUT2D eigenvalue weighted by Crippen LogP contribution is 2.26. The van der Waals surface area contributed by atoms with Gasteiger partial charge in [-0.1, -0.05) is 24.3 Å². The summed E-state index contributed by atoms with van der Waals surface area (Å²) in [4.78, 5) is 27.2. The number of nitrogens with zero attached hydrogens (tertiary/aromatic N) is 2. The van der Waals surface area contributed by atoms with Gasteiger partial charge in [0.15, 0.2) is 0 Å². The Morgan fingerprint density at radius 3 is 2.65 bits per heavy atom. The van der Waals surface area contributed by atoms with Crippen molar-refractivity contribution in [3.05, 3.63) is 80.3 Å². The zero-order valence-electron chi connectivity index (χ0n) is 14.4. The summed E-state index contributed by atoms with van der Waals surface area (Å²) in [7, 11) is 0. The smallest absolute Gasteiger partial charge is 0.272 e. The SMILES string of the molecule is Cc1ccccc1-c1nc(CNC(=O)c2ccc([N+](=O)[O-])c(C)c2)cs1.